The Morgan fingerprint density at radius 1 is 1.21 bits per heavy atom. The van der Waals surface area contributed by atoms with Crippen LogP contribution < -0.4 is 15.0 Å². The summed E-state index contributed by atoms with van der Waals surface area (Å²) in [7, 11) is 1.60. The monoisotopic (exact) mass is 405 g/mol. The lowest BCUT2D eigenvalue weighted by molar-refractivity contribution is -0.899. The predicted molar refractivity (Wildman–Crippen MR) is 107 cm³/mol. The number of anilines is 1. The highest BCUT2D eigenvalue weighted by Crippen LogP contribution is 2.36. The van der Waals surface area contributed by atoms with E-state index in [0.717, 1.165) is 30.0 Å². The fraction of sp³-hybridized carbons (Fsp3) is 0.400. The largest absolute Gasteiger partial charge is 0.497 e. The second-order valence-electron chi connectivity index (χ2n) is 6.39. The average molecular weight is 405 g/mol. The number of amides is 1. The number of benzene rings is 1. The predicted octanol–water partition coefficient (Wildman–Crippen LogP) is 1.45. The van der Waals surface area contributed by atoms with Crippen LogP contribution in [0.5, 0.6) is 5.75 Å². The van der Waals surface area contributed by atoms with Crippen molar-refractivity contribution in [1.29, 1.82) is 0 Å². The van der Waals surface area contributed by atoms with E-state index in [2.05, 4.69) is 5.32 Å². The van der Waals surface area contributed by atoms with Crippen LogP contribution in [0.25, 0.3) is 11.1 Å². The summed E-state index contributed by atoms with van der Waals surface area (Å²) in [4.78, 5) is 26.3. The normalized spacial score (nSPS) is 14.5. The third-order valence-electron chi connectivity index (χ3n) is 4.54. The van der Waals surface area contributed by atoms with Gasteiger partial charge in [0, 0.05) is 10.9 Å². The SMILES string of the molecule is CCOC(=O)c1c(-c2ccc(OC)cc2)csc1NC(=O)C[NH+]1CCOCC1. The summed E-state index contributed by atoms with van der Waals surface area (Å²) in [6, 6.07) is 7.43. The standard InChI is InChI=1S/C20H24N2O5S/c1-3-27-20(24)18-16(14-4-6-15(25-2)7-5-14)13-28-19(18)21-17(23)12-22-8-10-26-11-9-22/h4-7,13H,3,8-12H2,1-2H3,(H,21,23)/p+1. The molecule has 1 fully saturated rings. The van der Waals surface area contributed by atoms with Crippen LogP contribution in [0.1, 0.15) is 17.3 Å². The second kappa shape index (κ2) is 9.68. The lowest BCUT2D eigenvalue weighted by Crippen LogP contribution is -3.15. The molecule has 2 aromatic rings. The maximum absolute atomic E-state index is 12.6. The number of carbonyl (C=O) groups is 2. The van der Waals surface area contributed by atoms with Crippen LogP contribution in [0.15, 0.2) is 29.6 Å². The van der Waals surface area contributed by atoms with Crippen molar-refractivity contribution in [2.45, 2.75) is 6.92 Å². The molecule has 1 aliphatic rings. The molecule has 150 valence electrons. The molecule has 1 aromatic heterocycles. The number of esters is 1. The first-order valence-corrected chi connectivity index (χ1v) is 10.1. The molecule has 1 amide bonds. The number of rotatable bonds is 7. The van der Waals surface area contributed by atoms with Crippen LogP contribution in [-0.4, -0.2) is 58.4 Å². The van der Waals surface area contributed by atoms with Crippen LogP contribution in [-0.2, 0) is 14.3 Å². The van der Waals surface area contributed by atoms with Gasteiger partial charge in [-0.05, 0) is 24.6 Å². The fourth-order valence-electron chi connectivity index (χ4n) is 3.07. The van der Waals surface area contributed by atoms with E-state index >= 15 is 0 Å². The molecule has 28 heavy (non-hydrogen) atoms. The van der Waals surface area contributed by atoms with Crippen molar-refractivity contribution in [3.63, 3.8) is 0 Å². The molecule has 7 nitrogen and oxygen atoms in total. The zero-order valence-corrected chi connectivity index (χ0v) is 16.9. The molecule has 2 heterocycles. The summed E-state index contributed by atoms with van der Waals surface area (Å²) in [5.74, 6) is 0.174. The van der Waals surface area contributed by atoms with E-state index in [0.29, 0.717) is 30.3 Å². The van der Waals surface area contributed by atoms with E-state index in [1.807, 2.05) is 29.6 Å². The number of ether oxygens (including phenoxy) is 3. The first-order chi connectivity index (χ1) is 13.6. The number of quaternary nitrogens is 1. The van der Waals surface area contributed by atoms with Gasteiger partial charge in [0.05, 0.1) is 26.9 Å². The van der Waals surface area contributed by atoms with Gasteiger partial charge in [0.1, 0.15) is 29.4 Å². The lowest BCUT2D eigenvalue weighted by Gasteiger charge is -2.23. The molecule has 0 saturated carbocycles. The van der Waals surface area contributed by atoms with Crippen LogP contribution in [0, 0.1) is 0 Å². The van der Waals surface area contributed by atoms with Gasteiger partial charge in [-0.25, -0.2) is 4.79 Å². The summed E-state index contributed by atoms with van der Waals surface area (Å²) in [5.41, 5.74) is 1.99. The Labute approximate surface area is 168 Å². The highest BCUT2D eigenvalue weighted by atomic mass is 32.1. The molecule has 0 spiro atoms. The minimum Gasteiger partial charge on any atom is -0.497 e. The first-order valence-electron chi connectivity index (χ1n) is 9.26. The van der Waals surface area contributed by atoms with E-state index in [9.17, 15) is 9.59 Å². The molecule has 0 bridgehead atoms. The zero-order valence-electron chi connectivity index (χ0n) is 16.1. The van der Waals surface area contributed by atoms with Crippen LogP contribution in [0.4, 0.5) is 5.00 Å². The number of hydrogen-bond donors (Lipinski definition) is 2. The summed E-state index contributed by atoms with van der Waals surface area (Å²) in [6.07, 6.45) is 0. The highest BCUT2D eigenvalue weighted by Gasteiger charge is 2.24. The zero-order chi connectivity index (χ0) is 19.9. The first kappa shape index (κ1) is 20.3. The second-order valence-corrected chi connectivity index (χ2v) is 7.27. The fourth-order valence-corrected chi connectivity index (χ4v) is 4.05. The molecule has 1 saturated heterocycles. The Morgan fingerprint density at radius 3 is 2.57 bits per heavy atom. The maximum Gasteiger partial charge on any atom is 0.341 e. The molecule has 3 rings (SSSR count). The van der Waals surface area contributed by atoms with Gasteiger partial charge in [0.15, 0.2) is 6.54 Å². The van der Waals surface area contributed by atoms with Gasteiger partial charge < -0.3 is 24.4 Å². The van der Waals surface area contributed by atoms with Crippen molar-refractivity contribution in [3.05, 3.63) is 35.2 Å². The number of carbonyl (C=O) groups excluding carboxylic acids is 2. The third kappa shape index (κ3) is 4.89. The summed E-state index contributed by atoms with van der Waals surface area (Å²) >= 11 is 1.33. The van der Waals surface area contributed by atoms with Gasteiger partial charge in [-0.1, -0.05) is 12.1 Å². The molecular formula is C20H25N2O5S+. The van der Waals surface area contributed by atoms with E-state index in [4.69, 9.17) is 14.2 Å². The third-order valence-corrected chi connectivity index (χ3v) is 5.43. The van der Waals surface area contributed by atoms with Crippen molar-refractivity contribution in [2.24, 2.45) is 0 Å². The van der Waals surface area contributed by atoms with Crippen molar-refractivity contribution in [1.82, 2.24) is 0 Å². The molecule has 1 aromatic carbocycles. The summed E-state index contributed by atoms with van der Waals surface area (Å²) in [6.45, 7) is 5.31. The number of nitrogens with one attached hydrogen (secondary N) is 2. The van der Waals surface area contributed by atoms with Crippen LogP contribution in [0.3, 0.4) is 0 Å². The van der Waals surface area contributed by atoms with Gasteiger partial charge in [-0.15, -0.1) is 11.3 Å². The number of thiophene rings is 1. The van der Waals surface area contributed by atoms with Gasteiger partial charge in [0.25, 0.3) is 5.91 Å². The van der Waals surface area contributed by atoms with Gasteiger partial charge in [-0.3, -0.25) is 4.79 Å². The van der Waals surface area contributed by atoms with Crippen molar-refractivity contribution in [3.8, 4) is 16.9 Å². The lowest BCUT2D eigenvalue weighted by atomic mass is 10.0. The molecular weight excluding hydrogens is 380 g/mol. The Hall–Kier alpha value is -2.42. The maximum atomic E-state index is 12.6. The molecule has 0 unspecified atom stereocenters. The van der Waals surface area contributed by atoms with E-state index < -0.39 is 5.97 Å². The van der Waals surface area contributed by atoms with Gasteiger partial charge in [-0.2, -0.15) is 0 Å². The van der Waals surface area contributed by atoms with Crippen LogP contribution >= 0.6 is 11.3 Å². The summed E-state index contributed by atoms with van der Waals surface area (Å²) < 4.78 is 15.8. The number of methoxy groups -OCH3 is 1. The quantitative estimate of drug-likeness (QED) is 0.682. The van der Waals surface area contributed by atoms with Crippen molar-refractivity contribution >= 4 is 28.2 Å². The van der Waals surface area contributed by atoms with E-state index in [1.54, 1.807) is 14.0 Å². The Morgan fingerprint density at radius 2 is 1.93 bits per heavy atom. The molecule has 1 aliphatic heterocycles. The molecule has 0 radical (unpaired) electrons. The Kier molecular flexibility index (Phi) is 7.02. The smallest absolute Gasteiger partial charge is 0.341 e. The molecule has 8 heteroatoms. The topological polar surface area (TPSA) is 78.3 Å². The average Bonchev–Trinajstić information content (AvgIpc) is 3.12. The van der Waals surface area contributed by atoms with Gasteiger partial charge in [0.2, 0.25) is 0 Å². The van der Waals surface area contributed by atoms with Gasteiger partial charge >= 0.3 is 5.97 Å². The van der Waals surface area contributed by atoms with Crippen molar-refractivity contribution in [2.75, 3.05) is 51.9 Å². The van der Waals surface area contributed by atoms with E-state index in [-0.39, 0.29) is 12.5 Å². The number of hydrogen-bond acceptors (Lipinski definition) is 6. The minimum atomic E-state index is -0.441. The summed E-state index contributed by atoms with van der Waals surface area (Å²) in [5, 5.41) is 5.28. The number of morpholine rings is 1. The molecule has 0 atom stereocenters. The Balaban J connectivity index is 1.82. The Bertz CT molecular complexity index is 813. The van der Waals surface area contributed by atoms with Crippen LogP contribution in [0.2, 0.25) is 0 Å². The molecule has 2 N–H and O–H groups in total. The van der Waals surface area contributed by atoms with Crippen molar-refractivity contribution < 1.29 is 28.7 Å². The molecule has 0 aliphatic carbocycles. The highest BCUT2D eigenvalue weighted by molar-refractivity contribution is 7.15. The minimum absolute atomic E-state index is 0.120. The van der Waals surface area contributed by atoms with E-state index in [1.165, 1.54) is 16.2 Å².